The SMILES string of the molecule is COC1CCC(n2c(N)nc3c(C#N)cccc32)C1. The molecule has 1 aromatic carbocycles. The molecular weight excluding hydrogens is 240 g/mol. The topological polar surface area (TPSA) is 76.9 Å². The summed E-state index contributed by atoms with van der Waals surface area (Å²) >= 11 is 0. The predicted molar refractivity (Wildman–Crippen MR) is 72.5 cm³/mol. The van der Waals surface area contributed by atoms with Crippen molar-refractivity contribution in [2.75, 3.05) is 12.8 Å². The van der Waals surface area contributed by atoms with Gasteiger partial charge in [-0.2, -0.15) is 5.26 Å². The number of aromatic nitrogens is 2. The van der Waals surface area contributed by atoms with Crippen molar-refractivity contribution >= 4 is 17.0 Å². The maximum absolute atomic E-state index is 9.12. The van der Waals surface area contributed by atoms with E-state index in [0.29, 0.717) is 29.2 Å². The monoisotopic (exact) mass is 256 g/mol. The lowest BCUT2D eigenvalue weighted by Gasteiger charge is -2.15. The number of rotatable bonds is 2. The molecular formula is C14H16N4O. The number of imidazole rings is 1. The second kappa shape index (κ2) is 4.56. The fourth-order valence-electron chi connectivity index (χ4n) is 2.98. The van der Waals surface area contributed by atoms with Gasteiger partial charge in [0.15, 0.2) is 0 Å². The van der Waals surface area contributed by atoms with Crippen molar-refractivity contribution in [3.05, 3.63) is 23.8 Å². The number of ether oxygens (including phenoxy) is 1. The van der Waals surface area contributed by atoms with Gasteiger partial charge in [0.2, 0.25) is 5.95 Å². The standard InChI is InChI=1S/C14H16N4O/c1-19-11-6-5-10(7-11)18-12-4-2-3-9(8-15)13(12)17-14(18)16/h2-4,10-11H,5-7H2,1H3,(H2,16,17). The van der Waals surface area contributed by atoms with Crippen molar-refractivity contribution in [2.24, 2.45) is 0 Å². The molecule has 0 radical (unpaired) electrons. The molecule has 5 heteroatoms. The Kier molecular flexibility index (Phi) is 2.88. The Morgan fingerprint density at radius 2 is 2.32 bits per heavy atom. The summed E-state index contributed by atoms with van der Waals surface area (Å²) in [5.41, 5.74) is 8.26. The minimum absolute atomic E-state index is 0.293. The summed E-state index contributed by atoms with van der Waals surface area (Å²) < 4.78 is 7.46. The number of para-hydroxylation sites is 1. The molecule has 2 unspecified atom stereocenters. The molecule has 5 nitrogen and oxygen atoms in total. The second-order valence-corrected chi connectivity index (χ2v) is 4.95. The van der Waals surface area contributed by atoms with Crippen molar-refractivity contribution in [3.8, 4) is 6.07 Å². The van der Waals surface area contributed by atoms with E-state index in [-0.39, 0.29) is 0 Å². The first kappa shape index (κ1) is 12.0. The number of anilines is 1. The number of hydrogen-bond donors (Lipinski definition) is 1. The van der Waals surface area contributed by atoms with Crippen LogP contribution in [0.15, 0.2) is 18.2 Å². The molecule has 19 heavy (non-hydrogen) atoms. The van der Waals surface area contributed by atoms with Gasteiger partial charge in [-0.3, -0.25) is 0 Å². The van der Waals surface area contributed by atoms with Crippen molar-refractivity contribution in [2.45, 2.75) is 31.4 Å². The maximum Gasteiger partial charge on any atom is 0.201 e. The van der Waals surface area contributed by atoms with Crippen molar-refractivity contribution < 1.29 is 4.74 Å². The number of fused-ring (bicyclic) bond motifs is 1. The van der Waals surface area contributed by atoms with Crippen LogP contribution in [-0.4, -0.2) is 22.8 Å². The Labute approximate surface area is 111 Å². The first-order chi connectivity index (χ1) is 9.24. The zero-order valence-corrected chi connectivity index (χ0v) is 10.8. The molecule has 2 atom stereocenters. The number of nitrogens with zero attached hydrogens (tertiary/aromatic N) is 3. The normalized spacial score (nSPS) is 22.7. The van der Waals surface area contributed by atoms with E-state index in [1.807, 2.05) is 12.1 Å². The van der Waals surface area contributed by atoms with Gasteiger partial charge in [0.25, 0.3) is 0 Å². The Morgan fingerprint density at radius 1 is 1.47 bits per heavy atom. The van der Waals surface area contributed by atoms with Gasteiger partial charge >= 0.3 is 0 Å². The van der Waals surface area contributed by atoms with E-state index < -0.39 is 0 Å². The highest BCUT2D eigenvalue weighted by Gasteiger charge is 2.28. The fourth-order valence-corrected chi connectivity index (χ4v) is 2.98. The molecule has 0 spiro atoms. The van der Waals surface area contributed by atoms with Crippen LogP contribution in [0.25, 0.3) is 11.0 Å². The van der Waals surface area contributed by atoms with Crippen LogP contribution in [-0.2, 0) is 4.74 Å². The van der Waals surface area contributed by atoms with Crippen LogP contribution in [0.2, 0.25) is 0 Å². The van der Waals surface area contributed by atoms with Gasteiger partial charge in [0.05, 0.1) is 17.2 Å². The molecule has 2 N–H and O–H groups in total. The minimum Gasteiger partial charge on any atom is -0.381 e. The lowest BCUT2D eigenvalue weighted by Crippen LogP contribution is -2.11. The van der Waals surface area contributed by atoms with Gasteiger partial charge < -0.3 is 15.0 Å². The molecule has 0 aliphatic heterocycles. The largest absolute Gasteiger partial charge is 0.381 e. The Hall–Kier alpha value is -2.06. The highest BCUT2D eigenvalue weighted by molar-refractivity contribution is 5.84. The van der Waals surface area contributed by atoms with Crippen molar-refractivity contribution in [3.63, 3.8) is 0 Å². The Morgan fingerprint density at radius 3 is 3.00 bits per heavy atom. The minimum atomic E-state index is 0.293. The van der Waals surface area contributed by atoms with Crippen molar-refractivity contribution in [1.29, 1.82) is 5.26 Å². The smallest absolute Gasteiger partial charge is 0.201 e. The molecule has 2 aromatic rings. The van der Waals surface area contributed by atoms with Crippen LogP contribution >= 0.6 is 0 Å². The van der Waals surface area contributed by atoms with Gasteiger partial charge in [0, 0.05) is 13.2 Å². The van der Waals surface area contributed by atoms with Gasteiger partial charge in [-0.15, -0.1) is 0 Å². The highest BCUT2D eigenvalue weighted by Crippen LogP contribution is 2.36. The summed E-state index contributed by atoms with van der Waals surface area (Å²) in [4.78, 5) is 4.36. The molecule has 0 saturated heterocycles. The third-order valence-corrected chi connectivity index (χ3v) is 3.92. The summed E-state index contributed by atoms with van der Waals surface area (Å²) in [6.45, 7) is 0. The molecule has 1 saturated carbocycles. The lowest BCUT2D eigenvalue weighted by atomic mass is 10.2. The van der Waals surface area contributed by atoms with E-state index in [4.69, 9.17) is 15.7 Å². The summed E-state index contributed by atoms with van der Waals surface area (Å²) in [5, 5.41) is 9.12. The van der Waals surface area contributed by atoms with Gasteiger partial charge in [-0.1, -0.05) is 6.07 Å². The number of nitrogens with two attached hydrogens (primary N) is 1. The second-order valence-electron chi connectivity index (χ2n) is 4.95. The molecule has 1 aliphatic carbocycles. The van der Waals surface area contributed by atoms with Gasteiger partial charge in [0.1, 0.15) is 11.6 Å². The molecule has 1 aromatic heterocycles. The molecule has 1 fully saturated rings. The molecule has 1 aliphatic rings. The van der Waals surface area contributed by atoms with Crippen LogP contribution in [0.5, 0.6) is 0 Å². The summed E-state index contributed by atoms with van der Waals surface area (Å²) in [6, 6.07) is 8.09. The average molecular weight is 256 g/mol. The van der Waals surface area contributed by atoms with Gasteiger partial charge in [-0.25, -0.2) is 4.98 Å². The molecule has 3 rings (SSSR count). The van der Waals surface area contributed by atoms with E-state index in [1.54, 1.807) is 13.2 Å². The Bertz CT molecular complexity index is 655. The molecule has 1 heterocycles. The van der Waals surface area contributed by atoms with E-state index >= 15 is 0 Å². The van der Waals surface area contributed by atoms with Crippen LogP contribution < -0.4 is 5.73 Å². The summed E-state index contributed by atoms with van der Waals surface area (Å²) in [5.74, 6) is 0.486. The van der Waals surface area contributed by atoms with Crippen LogP contribution in [0.3, 0.4) is 0 Å². The first-order valence-electron chi connectivity index (χ1n) is 6.44. The number of nitriles is 1. The highest BCUT2D eigenvalue weighted by atomic mass is 16.5. The van der Waals surface area contributed by atoms with Crippen LogP contribution in [0.4, 0.5) is 5.95 Å². The molecule has 0 amide bonds. The first-order valence-corrected chi connectivity index (χ1v) is 6.44. The fraction of sp³-hybridized carbons (Fsp3) is 0.429. The number of methoxy groups -OCH3 is 1. The zero-order chi connectivity index (χ0) is 13.4. The number of nitrogen functional groups attached to an aromatic ring is 1. The Balaban J connectivity index is 2.10. The zero-order valence-electron chi connectivity index (χ0n) is 10.8. The van der Waals surface area contributed by atoms with Crippen molar-refractivity contribution in [1.82, 2.24) is 9.55 Å². The van der Waals surface area contributed by atoms with E-state index in [2.05, 4.69) is 15.6 Å². The van der Waals surface area contributed by atoms with E-state index in [9.17, 15) is 0 Å². The van der Waals surface area contributed by atoms with Gasteiger partial charge in [-0.05, 0) is 31.4 Å². The summed E-state index contributed by atoms with van der Waals surface area (Å²) in [7, 11) is 1.75. The quantitative estimate of drug-likeness (QED) is 0.893. The van der Waals surface area contributed by atoms with E-state index in [1.165, 1.54) is 0 Å². The molecule has 98 valence electrons. The van der Waals surface area contributed by atoms with E-state index in [0.717, 1.165) is 24.8 Å². The third kappa shape index (κ3) is 1.85. The maximum atomic E-state index is 9.12. The summed E-state index contributed by atoms with van der Waals surface area (Å²) in [6.07, 6.45) is 3.31. The molecule has 0 bridgehead atoms. The van der Waals surface area contributed by atoms with Crippen LogP contribution in [0, 0.1) is 11.3 Å². The number of benzene rings is 1. The predicted octanol–water partition coefficient (Wildman–Crippen LogP) is 2.23. The third-order valence-electron chi connectivity index (χ3n) is 3.92. The number of hydrogen-bond acceptors (Lipinski definition) is 4. The van der Waals surface area contributed by atoms with Crippen LogP contribution in [0.1, 0.15) is 30.9 Å². The lowest BCUT2D eigenvalue weighted by molar-refractivity contribution is 0.106. The average Bonchev–Trinajstić information content (AvgIpc) is 3.00.